The average molecular weight is 441 g/mol. The fourth-order valence-electron chi connectivity index (χ4n) is 5.04. The van der Waals surface area contributed by atoms with Gasteiger partial charge in [-0.3, -0.25) is 9.59 Å². The monoisotopic (exact) mass is 440 g/mol. The van der Waals surface area contributed by atoms with E-state index in [4.69, 9.17) is 0 Å². The van der Waals surface area contributed by atoms with Crippen LogP contribution in [-0.2, 0) is 16.1 Å². The molecule has 1 N–H and O–H groups in total. The molecule has 2 fully saturated rings. The molecule has 1 heterocycles. The van der Waals surface area contributed by atoms with Crippen molar-refractivity contribution in [3.05, 3.63) is 70.8 Å². The van der Waals surface area contributed by atoms with Crippen LogP contribution in [0.15, 0.2) is 42.5 Å². The molecule has 0 aromatic heterocycles. The molecular formula is C26H30F2N2O2. The number of hydrogen-bond acceptors (Lipinski definition) is 2. The number of carbonyl (C=O) groups is 2. The highest BCUT2D eigenvalue weighted by molar-refractivity contribution is 5.83. The van der Waals surface area contributed by atoms with Crippen LogP contribution in [0.5, 0.6) is 0 Å². The number of piperidine rings is 1. The minimum atomic E-state index is -0.333. The summed E-state index contributed by atoms with van der Waals surface area (Å²) in [5.74, 6) is -0.905. The van der Waals surface area contributed by atoms with E-state index < -0.39 is 0 Å². The minimum Gasteiger partial charge on any atom is -0.352 e. The third kappa shape index (κ3) is 5.00. The van der Waals surface area contributed by atoms with Crippen molar-refractivity contribution in [2.75, 3.05) is 6.54 Å². The Bertz CT molecular complexity index is 988. The second kappa shape index (κ2) is 9.80. The highest BCUT2D eigenvalue weighted by Crippen LogP contribution is 2.37. The smallest absolute Gasteiger partial charge is 0.226 e. The molecule has 4 rings (SSSR count). The van der Waals surface area contributed by atoms with Crippen LogP contribution in [0.2, 0.25) is 0 Å². The van der Waals surface area contributed by atoms with Crippen molar-refractivity contribution in [3.63, 3.8) is 0 Å². The van der Waals surface area contributed by atoms with Gasteiger partial charge in [0.25, 0.3) is 0 Å². The van der Waals surface area contributed by atoms with E-state index in [9.17, 15) is 18.4 Å². The number of rotatable bonds is 5. The van der Waals surface area contributed by atoms with Gasteiger partial charge in [-0.25, -0.2) is 8.78 Å². The highest BCUT2D eigenvalue weighted by atomic mass is 19.1. The van der Waals surface area contributed by atoms with E-state index in [2.05, 4.69) is 5.32 Å². The lowest BCUT2D eigenvalue weighted by molar-refractivity contribution is -0.142. The van der Waals surface area contributed by atoms with Crippen molar-refractivity contribution >= 4 is 11.8 Å². The number of benzene rings is 2. The van der Waals surface area contributed by atoms with Crippen LogP contribution >= 0.6 is 0 Å². The van der Waals surface area contributed by atoms with Crippen LogP contribution < -0.4 is 5.32 Å². The van der Waals surface area contributed by atoms with E-state index in [1.54, 1.807) is 25.1 Å². The van der Waals surface area contributed by atoms with Crippen molar-refractivity contribution in [1.82, 2.24) is 10.2 Å². The number of carbonyl (C=O) groups excluding carboxylic acids is 2. The van der Waals surface area contributed by atoms with E-state index in [1.165, 1.54) is 18.2 Å². The second-order valence-corrected chi connectivity index (χ2v) is 9.12. The third-order valence-corrected chi connectivity index (χ3v) is 6.86. The van der Waals surface area contributed by atoms with E-state index in [0.717, 1.165) is 31.2 Å². The molecule has 170 valence electrons. The number of halogens is 2. The Labute approximate surface area is 188 Å². The van der Waals surface area contributed by atoms with Crippen molar-refractivity contribution in [2.24, 2.45) is 11.8 Å². The van der Waals surface area contributed by atoms with Crippen LogP contribution in [0.4, 0.5) is 8.78 Å². The molecule has 1 saturated heterocycles. The van der Waals surface area contributed by atoms with Crippen LogP contribution in [-0.4, -0.2) is 23.3 Å². The predicted octanol–water partition coefficient (Wildman–Crippen LogP) is 5.06. The number of hydrogen-bond donors (Lipinski definition) is 1. The van der Waals surface area contributed by atoms with Crippen molar-refractivity contribution in [1.29, 1.82) is 0 Å². The van der Waals surface area contributed by atoms with Crippen LogP contribution in [0.3, 0.4) is 0 Å². The predicted molar refractivity (Wildman–Crippen MR) is 119 cm³/mol. The summed E-state index contributed by atoms with van der Waals surface area (Å²) in [7, 11) is 0. The largest absolute Gasteiger partial charge is 0.352 e. The number of aryl methyl sites for hydroxylation is 1. The lowest BCUT2D eigenvalue weighted by Gasteiger charge is -2.41. The lowest BCUT2D eigenvalue weighted by Crippen LogP contribution is -2.48. The molecule has 0 radical (unpaired) electrons. The normalized spacial score (nSPS) is 21.5. The second-order valence-electron chi connectivity index (χ2n) is 9.12. The quantitative estimate of drug-likeness (QED) is 0.707. The Morgan fingerprint density at radius 2 is 1.78 bits per heavy atom. The fraction of sp³-hybridized carbons (Fsp3) is 0.462. The molecule has 32 heavy (non-hydrogen) atoms. The third-order valence-electron chi connectivity index (χ3n) is 6.86. The molecule has 1 aliphatic heterocycles. The molecule has 2 amide bonds. The maximum absolute atomic E-state index is 13.8. The Balaban J connectivity index is 1.49. The summed E-state index contributed by atoms with van der Waals surface area (Å²) in [5, 5.41) is 2.90. The first-order chi connectivity index (χ1) is 15.4. The Hall–Kier alpha value is -2.76. The van der Waals surface area contributed by atoms with Gasteiger partial charge in [0, 0.05) is 19.0 Å². The maximum Gasteiger partial charge on any atom is 0.226 e. The van der Waals surface area contributed by atoms with Gasteiger partial charge in [0.2, 0.25) is 11.8 Å². The van der Waals surface area contributed by atoms with E-state index in [1.807, 2.05) is 11.0 Å². The van der Waals surface area contributed by atoms with E-state index in [0.29, 0.717) is 30.5 Å². The Kier molecular flexibility index (Phi) is 6.87. The molecule has 4 nitrogen and oxygen atoms in total. The van der Waals surface area contributed by atoms with Crippen molar-refractivity contribution < 1.29 is 18.4 Å². The maximum atomic E-state index is 13.8. The lowest BCUT2D eigenvalue weighted by atomic mass is 9.86. The topological polar surface area (TPSA) is 49.4 Å². The molecule has 0 unspecified atom stereocenters. The Morgan fingerprint density at radius 1 is 1.00 bits per heavy atom. The first kappa shape index (κ1) is 22.4. The SMILES string of the molecule is Cc1cc([C@@H]2CC[C@@H](C(=O)NCc3cccc(F)c3)CN2C(=O)C2CCCC2)ccc1F. The minimum absolute atomic E-state index is 0.00755. The number of amides is 2. The summed E-state index contributed by atoms with van der Waals surface area (Å²) < 4.78 is 27.2. The van der Waals surface area contributed by atoms with Crippen LogP contribution in [0.25, 0.3) is 0 Å². The first-order valence-electron chi connectivity index (χ1n) is 11.5. The molecule has 1 aliphatic carbocycles. The highest BCUT2D eigenvalue weighted by Gasteiger charge is 2.38. The van der Waals surface area contributed by atoms with Gasteiger partial charge in [-0.2, -0.15) is 0 Å². The summed E-state index contributed by atoms with van der Waals surface area (Å²) in [6.45, 7) is 2.34. The number of nitrogens with zero attached hydrogens (tertiary/aromatic N) is 1. The van der Waals surface area contributed by atoms with Gasteiger partial charge >= 0.3 is 0 Å². The zero-order valence-corrected chi connectivity index (χ0v) is 18.4. The summed E-state index contributed by atoms with van der Waals surface area (Å²) in [6, 6.07) is 11.1. The molecular weight excluding hydrogens is 410 g/mol. The first-order valence-corrected chi connectivity index (χ1v) is 11.5. The Morgan fingerprint density at radius 3 is 2.50 bits per heavy atom. The van der Waals surface area contributed by atoms with E-state index >= 15 is 0 Å². The molecule has 0 bridgehead atoms. The van der Waals surface area contributed by atoms with Gasteiger partial charge in [-0.05, 0) is 67.5 Å². The van der Waals surface area contributed by atoms with Gasteiger partial charge in [0.05, 0.1) is 12.0 Å². The molecule has 2 aromatic carbocycles. The molecule has 6 heteroatoms. The van der Waals surface area contributed by atoms with Gasteiger partial charge in [-0.15, -0.1) is 0 Å². The van der Waals surface area contributed by atoms with Gasteiger partial charge < -0.3 is 10.2 Å². The zero-order valence-electron chi connectivity index (χ0n) is 18.4. The zero-order chi connectivity index (χ0) is 22.7. The number of nitrogens with one attached hydrogen (secondary N) is 1. The molecule has 1 saturated carbocycles. The molecule has 2 atom stereocenters. The summed E-state index contributed by atoms with van der Waals surface area (Å²) >= 11 is 0. The number of likely N-dealkylation sites (tertiary alicyclic amines) is 1. The summed E-state index contributed by atoms with van der Waals surface area (Å²) in [5.41, 5.74) is 2.19. The van der Waals surface area contributed by atoms with Crippen molar-refractivity contribution in [3.8, 4) is 0 Å². The average Bonchev–Trinajstić information content (AvgIpc) is 3.33. The molecule has 2 aromatic rings. The van der Waals surface area contributed by atoms with Gasteiger partial charge in [-0.1, -0.05) is 37.1 Å². The van der Waals surface area contributed by atoms with Gasteiger partial charge in [0.1, 0.15) is 11.6 Å². The summed E-state index contributed by atoms with van der Waals surface area (Å²) in [4.78, 5) is 28.2. The molecule has 0 spiro atoms. The van der Waals surface area contributed by atoms with Crippen LogP contribution in [0, 0.1) is 30.4 Å². The van der Waals surface area contributed by atoms with Crippen LogP contribution in [0.1, 0.15) is 61.3 Å². The van der Waals surface area contributed by atoms with Gasteiger partial charge in [0.15, 0.2) is 0 Å². The standard InChI is InChI=1S/C26H30F2N2O2/c1-17-13-20(9-11-23(17)28)24-12-10-21(16-30(24)26(32)19-6-2-3-7-19)25(31)29-15-18-5-4-8-22(27)14-18/h4-5,8-9,11,13-14,19,21,24H,2-3,6-7,10,12,15-16H2,1H3,(H,29,31)/t21-,24+/m1/s1. The van der Waals surface area contributed by atoms with E-state index in [-0.39, 0.29) is 47.9 Å². The molecule has 2 aliphatic rings. The summed E-state index contributed by atoms with van der Waals surface area (Å²) in [6.07, 6.45) is 5.19. The fourth-order valence-corrected chi connectivity index (χ4v) is 5.04. The van der Waals surface area contributed by atoms with Crippen molar-refractivity contribution in [2.45, 2.75) is 58.0 Å².